The molecule has 1 aliphatic rings. The van der Waals surface area contributed by atoms with Crippen molar-refractivity contribution in [3.63, 3.8) is 0 Å². The normalized spacial score (nSPS) is 22.6. The molecule has 0 heterocycles. The van der Waals surface area contributed by atoms with Gasteiger partial charge in [0.2, 0.25) is 0 Å². The van der Waals surface area contributed by atoms with Crippen LogP contribution in [-0.2, 0) is 9.53 Å². The van der Waals surface area contributed by atoms with Gasteiger partial charge in [0.25, 0.3) is 0 Å². The van der Waals surface area contributed by atoms with Crippen LogP contribution < -0.4 is 10.6 Å². The van der Waals surface area contributed by atoms with E-state index in [9.17, 15) is 9.59 Å². The van der Waals surface area contributed by atoms with Gasteiger partial charge in [-0.05, 0) is 52.4 Å². The lowest BCUT2D eigenvalue weighted by molar-refractivity contribution is -0.143. The first-order valence-electron chi connectivity index (χ1n) is 7.72. The second kappa shape index (κ2) is 8.22. The summed E-state index contributed by atoms with van der Waals surface area (Å²) in [5.41, 5.74) is -0.369. The first kappa shape index (κ1) is 17.8. The van der Waals surface area contributed by atoms with Gasteiger partial charge in [-0.25, -0.2) is 4.79 Å². The molecule has 0 aromatic rings. The molecule has 3 N–H and O–H groups in total. The number of carboxylic acids is 1. The van der Waals surface area contributed by atoms with Crippen molar-refractivity contribution in [1.29, 1.82) is 0 Å². The molecule has 0 spiro atoms. The molecule has 6 nitrogen and oxygen atoms in total. The summed E-state index contributed by atoms with van der Waals surface area (Å²) in [6.45, 7) is 7.47. The predicted molar refractivity (Wildman–Crippen MR) is 80.2 cm³/mol. The van der Waals surface area contributed by atoms with Crippen LogP contribution in [0.2, 0.25) is 0 Å². The molecule has 1 fully saturated rings. The third-order valence-corrected chi connectivity index (χ3v) is 3.96. The SMILES string of the molecule is CCOC(C)(C)CNC(=O)NCC1CCC(C(=O)O)CC1. The van der Waals surface area contributed by atoms with E-state index in [0.29, 0.717) is 38.5 Å². The van der Waals surface area contributed by atoms with Crippen LogP contribution >= 0.6 is 0 Å². The molecular formula is C15H28N2O4. The van der Waals surface area contributed by atoms with E-state index in [4.69, 9.17) is 9.84 Å². The van der Waals surface area contributed by atoms with Gasteiger partial charge in [-0.15, -0.1) is 0 Å². The molecule has 6 heteroatoms. The number of ether oxygens (including phenoxy) is 1. The van der Waals surface area contributed by atoms with Gasteiger partial charge in [0, 0.05) is 19.7 Å². The van der Waals surface area contributed by atoms with Gasteiger partial charge in [-0.1, -0.05) is 0 Å². The number of rotatable bonds is 7. The molecule has 0 bridgehead atoms. The van der Waals surface area contributed by atoms with Crippen LogP contribution in [0.3, 0.4) is 0 Å². The summed E-state index contributed by atoms with van der Waals surface area (Å²) in [4.78, 5) is 22.6. The molecule has 122 valence electrons. The van der Waals surface area contributed by atoms with E-state index >= 15 is 0 Å². The van der Waals surface area contributed by atoms with Crippen LogP contribution in [0.25, 0.3) is 0 Å². The maximum atomic E-state index is 11.7. The number of hydrogen-bond acceptors (Lipinski definition) is 3. The minimum Gasteiger partial charge on any atom is -0.481 e. The number of urea groups is 1. The Morgan fingerprint density at radius 2 is 1.81 bits per heavy atom. The van der Waals surface area contributed by atoms with E-state index in [1.54, 1.807) is 0 Å². The lowest BCUT2D eigenvalue weighted by Gasteiger charge is -2.27. The van der Waals surface area contributed by atoms with Crippen molar-refractivity contribution in [1.82, 2.24) is 10.6 Å². The number of carboxylic acid groups (broad SMARTS) is 1. The standard InChI is InChI=1S/C15H28N2O4/c1-4-21-15(2,3)10-17-14(20)16-9-11-5-7-12(8-6-11)13(18)19/h11-12H,4-10H2,1-3H3,(H,18,19)(H2,16,17,20). The van der Waals surface area contributed by atoms with Crippen molar-refractivity contribution in [3.05, 3.63) is 0 Å². The monoisotopic (exact) mass is 300 g/mol. The topological polar surface area (TPSA) is 87.7 Å². The van der Waals surface area contributed by atoms with Gasteiger partial charge in [0.1, 0.15) is 0 Å². The van der Waals surface area contributed by atoms with E-state index in [0.717, 1.165) is 12.8 Å². The van der Waals surface area contributed by atoms with Gasteiger partial charge in [0.15, 0.2) is 0 Å². The fourth-order valence-corrected chi connectivity index (χ4v) is 2.65. The third kappa shape index (κ3) is 6.80. The highest BCUT2D eigenvalue weighted by Gasteiger charge is 2.26. The summed E-state index contributed by atoms with van der Waals surface area (Å²) in [6, 6.07) is -0.192. The average Bonchev–Trinajstić information content (AvgIpc) is 2.43. The first-order valence-corrected chi connectivity index (χ1v) is 7.72. The van der Waals surface area contributed by atoms with Crippen molar-refractivity contribution in [3.8, 4) is 0 Å². The highest BCUT2D eigenvalue weighted by molar-refractivity contribution is 5.73. The molecule has 0 saturated heterocycles. The maximum absolute atomic E-state index is 11.7. The summed E-state index contributed by atoms with van der Waals surface area (Å²) in [7, 11) is 0. The molecule has 0 unspecified atom stereocenters. The summed E-state index contributed by atoms with van der Waals surface area (Å²) in [6.07, 6.45) is 3.14. The quantitative estimate of drug-likeness (QED) is 0.671. The van der Waals surface area contributed by atoms with Crippen molar-refractivity contribution >= 4 is 12.0 Å². The predicted octanol–water partition coefficient (Wildman–Crippen LogP) is 1.99. The Balaban J connectivity index is 2.18. The number of carbonyl (C=O) groups is 2. The number of hydrogen-bond donors (Lipinski definition) is 3. The zero-order valence-corrected chi connectivity index (χ0v) is 13.3. The third-order valence-electron chi connectivity index (χ3n) is 3.96. The van der Waals surface area contributed by atoms with E-state index in [1.807, 2.05) is 20.8 Å². The van der Waals surface area contributed by atoms with Crippen LogP contribution in [-0.4, -0.2) is 42.4 Å². The van der Waals surface area contributed by atoms with Crippen LogP contribution in [0, 0.1) is 11.8 Å². The summed E-state index contributed by atoms with van der Waals surface area (Å²) < 4.78 is 5.51. The number of amides is 2. The highest BCUT2D eigenvalue weighted by Crippen LogP contribution is 2.28. The van der Waals surface area contributed by atoms with Gasteiger partial charge < -0.3 is 20.5 Å². The maximum Gasteiger partial charge on any atom is 0.314 e. The van der Waals surface area contributed by atoms with Gasteiger partial charge in [-0.2, -0.15) is 0 Å². The van der Waals surface area contributed by atoms with E-state index < -0.39 is 5.97 Å². The Labute approximate surface area is 126 Å². The molecule has 1 aliphatic carbocycles. The number of carbonyl (C=O) groups excluding carboxylic acids is 1. The molecule has 21 heavy (non-hydrogen) atoms. The second-order valence-corrected chi connectivity index (χ2v) is 6.31. The molecule has 2 amide bonds. The molecule has 1 rings (SSSR count). The fraction of sp³-hybridized carbons (Fsp3) is 0.867. The Bertz CT molecular complexity index is 350. The summed E-state index contributed by atoms with van der Waals surface area (Å²) >= 11 is 0. The Kier molecular flexibility index (Phi) is 6.95. The lowest BCUT2D eigenvalue weighted by atomic mass is 9.82. The van der Waals surface area contributed by atoms with Gasteiger partial charge in [0.05, 0.1) is 11.5 Å². The largest absolute Gasteiger partial charge is 0.481 e. The Morgan fingerprint density at radius 1 is 1.19 bits per heavy atom. The van der Waals surface area contributed by atoms with Crippen molar-refractivity contribution < 1.29 is 19.4 Å². The van der Waals surface area contributed by atoms with Crippen LogP contribution in [0.4, 0.5) is 4.79 Å². The first-order chi connectivity index (χ1) is 9.84. The Hall–Kier alpha value is -1.30. The lowest BCUT2D eigenvalue weighted by Crippen LogP contribution is -2.46. The number of aliphatic carboxylic acids is 1. The fourth-order valence-electron chi connectivity index (χ4n) is 2.65. The van der Waals surface area contributed by atoms with Gasteiger partial charge in [-0.3, -0.25) is 4.79 Å². The molecule has 0 atom stereocenters. The molecule has 0 radical (unpaired) electrons. The van der Waals surface area contributed by atoms with Crippen LogP contribution in [0.5, 0.6) is 0 Å². The van der Waals surface area contributed by atoms with E-state index in [-0.39, 0.29) is 17.6 Å². The molecule has 0 aromatic heterocycles. The molecular weight excluding hydrogens is 272 g/mol. The number of nitrogens with one attached hydrogen (secondary N) is 2. The minimum absolute atomic E-state index is 0.192. The van der Waals surface area contributed by atoms with Crippen LogP contribution in [0.15, 0.2) is 0 Å². The molecule has 1 saturated carbocycles. The summed E-state index contributed by atoms with van der Waals surface area (Å²) in [5.74, 6) is -0.523. The van der Waals surface area contributed by atoms with Gasteiger partial charge >= 0.3 is 12.0 Å². The van der Waals surface area contributed by atoms with E-state index in [1.165, 1.54) is 0 Å². The zero-order chi connectivity index (χ0) is 15.9. The van der Waals surface area contributed by atoms with E-state index in [2.05, 4.69) is 10.6 Å². The van der Waals surface area contributed by atoms with Crippen LogP contribution in [0.1, 0.15) is 46.5 Å². The second-order valence-electron chi connectivity index (χ2n) is 6.31. The van der Waals surface area contributed by atoms with Crippen molar-refractivity contribution in [2.75, 3.05) is 19.7 Å². The average molecular weight is 300 g/mol. The van der Waals surface area contributed by atoms with Crippen molar-refractivity contribution in [2.24, 2.45) is 11.8 Å². The smallest absolute Gasteiger partial charge is 0.314 e. The highest BCUT2D eigenvalue weighted by atomic mass is 16.5. The molecule has 0 aromatic carbocycles. The minimum atomic E-state index is -0.697. The summed E-state index contributed by atoms with van der Waals surface area (Å²) in [5, 5.41) is 14.6. The van der Waals surface area contributed by atoms with Crippen molar-refractivity contribution in [2.45, 2.75) is 52.1 Å². The molecule has 0 aliphatic heterocycles. The zero-order valence-electron chi connectivity index (χ0n) is 13.3. The Morgan fingerprint density at radius 3 is 2.33 bits per heavy atom.